The van der Waals surface area contributed by atoms with Crippen LogP contribution in [0.4, 0.5) is 0 Å². The van der Waals surface area contributed by atoms with Gasteiger partial charge in [-0.25, -0.2) is 0 Å². The second-order valence-electron chi connectivity index (χ2n) is 7.64. The second-order valence-corrected chi connectivity index (χ2v) is 7.64. The van der Waals surface area contributed by atoms with Gasteiger partial charge < -0.3 is 5.32 Å². The van der Waals surface area contributed by atoms with Gasteiger partial charge in [0.15, 0.2) is 0 Å². The molecule has 1 heteroatoms. The molecule has 19 heavy (non-hydrogen) atoms. The van der Waals surface area contributed by atoms with Gasteiger partial charge in [-0.3, -0.25) is 0 Å². The average Bonchev–Trinajstić information content (AvgIpc) is 3.06. The smallest absolute Gasteiger partial charge is 0.0145 e. The number of nitrogens with one attached hydrogen (secondary N) is 1. The normalized spacial score (nSPS) is 37.0. The molecule has 3 rings (SSSR count). The topological polar surface area (TPSA) is 12.0 Å². The van der Waals surface area contributed by atoms with Crippen molar-refractivity contribution in [2.24, 2.45) is 11.3 Å². The first-order valence-electron chi connectivity index (χ1n) is 7.84. The summed E-state index contributed by atoms with van der Waals surface area (Å²) in [5.74, 6) is 1.64. The fourth-order valence-corrected chi connectivity index (χ4v) is 4.22. The Morgan fingerprint density at radius 2 is 1.79 bits per heavy atom. The van der Waals surface area contributed by atoms with E-state index in [1.54, 1.807) is 0 Å². The van der Waals surface area contributed by atoms with Crippen LogP contribution in [0.2, 0.25) is 0 Å². The molecule has 2 fully saturated rings. The number of hydrogen-bond acceptors (Lipinski definition) is 1. The number of hydrogen-bond donors (Lipinski definition) is 1. The zero-order valence-electron chi connectivity index (χ0n) is 12.5. The van der Waals surface area contributed by atoms with Crippen LogP contribution in [0.25, 0.3) is 0 Å². The summed E-state index contributed by atoms with van der Waals surface area (Å²) in [6.45, 7) is 7.27. The first kappa shape index (κ1) is 13.2. The third-order valence-electron chi connectivity index (χ3n) is 4.85. The average molecular weight is 257 g/mol. The Labute approximate surface area is 117 Å². The SMILES string of the molecule is CC1CC(NC2CC2c2ccccc2)CC(C)(C)C1. The molecule has 0 aromatic heterocycles. The van der Waals surface area contributed by atoms with E-state index in [1.165, 1.54) is 31.2 Å². The van der Waals surface area contributed by atoms with Gasteiger partial charge in [-0.2, -0.15) is 0 Å². The molecule has 2 saturated carbocycles. The first-order chi connectivity index (χ1) is 9.03. The summed E-state index contributed by atoms with van der Waals surface area (Å²) >= 11 is 0. The van der Waals surface area contributed by atoms with Crippen LogP contribution in [-0.4, -0.2) is 12.1 Å². The fraction of sp³-hybridized carbons (Fsp3) is 0.667. The van der Waals surface area contributed by atoms with Crippen molar-refractivity contribution in [1.82, 2.24) is 5.32 Å². The molecular weight excluding hydrogens is 230 g/mol. The summed E-state index contributed by atoms with van der Waals surface area (Å²) in [7, 11) is 0. The lowest BCUT2D eigenvalue weighted by atomic mass is 9.70. The van der Waals surface area contributed by atoms with Gasteiger partial charge >= 0.3 is 0 Å². The van der Waals surface area contributed by atoms with Gasteiger partial charge in [0.05, 0.1) is 0 Å². The molecule has 104 valence electrons. The van der Waals surface area contributed by atoms with E-state index in [2.05, 4.69) is 56.4 Å². The molecule has 1 N–H and O–H groups in total. The highest BCUT2D eigenvalue weighted by Crippen LogP contribution is 2.44. The van der Waals surface area contributed by atoms with Crippen molar-refractivity contribution in [2.75, 3.05) is 0 Å². The van der Waals surface area contributed by atoms with Crippen LogP contribution in [0.5, 0.6) is 0 Å². The summed E-state index contributed by atoms with van der Waals surface area (Å²) in [6, 6.07) is 12.5. The van der Waals surface area contributed by atoms with E-state index < -0.39 is 0 Å². The van der Waals surface area contributed by atoms with Gasteiger partial charge in [-0.1, -0.05) is 51.1 Å². The lowest BCUT2D eigenvalue weighted by molar-refractivity contribution is 0.150. The maximum Gasteiger partial charge on any atom is 0.0145 e. The quantitative estimate of drug-likeness (QED) is 0.849. The van der Waals surface area contributed by atoms with Gasteiger partial charge in [-0.15, -0.1) is 0 Å². The molecule has 4 atom stereocenters. The summed E-state index contributed by atoms with van der Waals surface area (Å²) in [5, 5.41) is 3.93. The zero-order valence-corrected chi connectivity index (χ0v) is 12.5. The molecule has 0 saturated heterocycles. The Balaban J connectivity index is 1.56. The highest BCUT2D eigenvalue weighted by atomic mass is 15.0. The van der Waals surface area contributed by atoms with Gasteiger partial charge in [0.2, 0.25) is 0 Å². The molecule has 1 aromatic rings. The van der Waals surface area contributed by atoms with Crippen LogP contribution in [-0.2, 0) is 0 Å². The molecule has 0 heterocycles. The molecule has 0 bridgehead atoms. The summed E-state index contributed by atoms with van der Waals surface area (Å²) in [4.78, 5) is 0. The molecule has 2 aliphatic carbocycles. The van der Waals surface area contributed by atoms with E-state index in [4.69, 9.17) is 0 Å². The van der Waals surface area contributed by atoms with E-state index >= 15 is 0 Å². The molecule has 1 nitrogen and oxygen atoms in total. The van der Waals surface area contributed by atoms with Crippen molar-refractivity contribution in [3.63, 3.8) is 0 Å². The summed E-state index contributed by atoms with van der Waals surface area (Å²) < 4.78 is 0. The van der Waals surface area contributed by atoms with E-state index in [9.17, 15) is 0 Å². The minimum Gasteiger partial charge on any atom is -0.311 e. The third-order valence-corrected chi connectivity index (χ3v) is 4.85. The Morgan fingerprint density at radius 1 is 1.05 bits per heavy atom. The lowest BCUT2D eigenvalue weighted by Crippen LogP contribution is -2.41. The lowest BCUT2D eigenvalue weighted by Gasteiger charge is -2.39. The molecule has 0 amide bonds. The Hall–Kier alpha value is -0.820. The van der Waals surface area contributed by atoms with E-state index in [0.29, 0.717) is 5.41 Å². The molecular formula is C18H27N. The second kappa shape index (κ2) is 4.94. The monoisotopic (exact) mass is 257 g/mol. The molecule has 4 unspecified atom stereocenters. The van der Waals surface area contributed by atoms with Crippen LogP contribution < -0.4 is 5.32 Å². The predicted molar refractivity (Wildman–Crippen MR) is 81.3 cm³/mol. The van der Waals surface area contributed by atoms with E-state index in [-0.39, 0.29) is 0 Å². The van der Waals surface area contributed by atoms with Crippen molar-refractivity contribution in [3.8, 4) is 0 Å². The highest BCUT2D eigenvalue weighted by molar-refractivity contribution is 5.27. The first-order valence-corrected chi connectivity index (χ1v) is 7.84. The van der Waals surface area contributed by atoms with Gasteiger partial charge in [-0.05, 0) is 42.6 Å². The van der Waals surface area contributed by atoms with Crippen LogP contribution in [0.1, 0.15) is 57.9 Å². The third kappa shape index (κ3) is 3.20. The highest BCUT2D eigenvalue weighted by Gasteiger charge is 2.41. The van der Waals surface area contributed by atoms with Crippen molar-refractivity contribution in [2.45, 2.75) is 64.5 Å². The minimum atomic E-state index is 0.520. The number of rotatable bonds is 3. The molecule has 0 aliphatic heterocycles. The Kier molecular flexibility index (Phi) is 3.42. The number of benzene rings is 1. The van der Waals surface area contributed by atoms with Crippen LogP contribution in [0.3, 0.4) is 0 Å². The Bertz CT molecular complexity index is 423. The molecule has 0 spiro atoms. The molecule has 1 aromatic carbocycles. The van der Waals surface area contributed by atoms with Gasteiger partial charge in [0, 0.05) is 18.0 Å². The van der Waals surface area contributed by atoms with Crippen LogP contribution in [0.15, 0.2) is 30.3 Å². The minimum absolute atomic E-state index is 0.520. The van der Waals surface area contributed by atoms with Crippen LogP contribution in [0, 0.1) is 11.3 Å². The maximum absolute atomic E-state index is 3.93. The summed E-state index contributed by atoms with van der Waals surface area (Å²) in [6.07, 6.45) is 5.42. The fourth-order valence-electron chi connectivity index (χ4n) is 4.22. The maximum atomic E-state index is 3.93. The van der Waals surface area contributed by atoms with Crippen LogP contribution >= 0.6 is 0 Å². The zero-order chi connectivity index (χ0) is 13.5. The van der Waals surface area contributed by atoms with Crippen molar-refractivity contribution < 1.29 is 0 Å². The van der Waals surface area contributed by atoms with Crippen molar-refractivity contribution in [1.29, 1.82) is 0 Å². The van der Waals surface area contributed by atoms with Crippen molar-refractivity contribution in [3.05, 3.63) is 35.9 Å². The largest absolute Gasteiger partial charge is 0.311 e. The molecule has 2 aliphatic rings. The predicted octanol–water partition coefficient (Wildman–Crippen LogP) is 4.35. The molecule has 0 radical (unpaired) electrons. The van der Waals surface area contributed by atoms with E-state index in [1.807, 2.05) is 0 Å². The van der Waals surface area contributed by atoms with Gasteiger partial charge in [0.25, 0.3) is 0 Å². The summed E-state index contributed by atoms with van der Waals surface area (Å²) in [5.41, 5.74) is 2.04. The van der Waals surface area contributed by atoms with E-state index in [0.717, 1.165) is 23.9 Å². The van der Waals surface area contributed by atoms with Crippen molar-refractivity contribution >= 4 is 0 Å². The Morgan fingerprint density at radius 3 is 2.47 bits per heavy atom. The standard InChI is InChI=1S/C18H27N/c1-13-9-15(12-18(2,3)11-13)19-17-10-16(17)14-7-5-4-6-8-14/h4-8,13,15-17,19H,9-12H2,1-3H3. The van der Waals surface area contributed by atoms with Gasteiger partial charge in [0.1, 0.15) is 0 Å².